The monoisotopic (exact) mass is 294 g/mol. The van der Waals surface area contributed by atoms with E-state index in [0.29, 0.717) is 10.6 Å². The van der Waals surface area contributed by atoms with E-state index in [1.165, 1.54) is 12.1 Å². The van der Waals surface area contributed by atoms with Gasteiger partial charge in [0.1, 0.15) is 0 Å². The molecule has 0 atom stereocenters. The van der Waals surface area contributed by atoms with Crippen molar-refractivity contribution < 1.29 is 13.2 Å². The van der Waals surface area contributed by atoms with Crippen LogP contribution in [0.4, 0.5) is 18.9 Å². The van der Waals surface area contributed by atoms with Crippen LogP contribution in [0.5, 0.6) is 0 Å². The molecule has 2 aromatic rings. The molecule has 2 nitrogen and oxygen atoms in total. The minimum Gasteiger partial charge on any atom is -0.399 e. The van der Waals surface area contributed by atoms with E-state index in [2.05, 4.69) is 0 Å². The van der Waals surface area contributed by atoms with Crippen LogP contribution in [0.25, 0.3) is 0 Å². The Morgan fingerprint density at radius 2 is 1.70 bits per heavy atom. The van der Waals surface area contributed by atoms with Gasteiger partial charge >= 0.3 is 6.18 Å². The van der Waals surface area contributed by atoms with Crippen molar-refractivity contribution in [2.24, 2.45) is 0 Å². The molecule has 2 rings (SSSR count). The molecule has 0 aliphatic rings. The first-order valence-electron chi connectivity index (χ1n) is 5.55. The van der Waals surface area contributed by atoms with Crippen LogP contribution in [0, 0.1) is 11.3 Å². The normalized spacial score (nSPS) is 11.1. The predicted molar refractivity (Wildman–Crippen MR) is 71.1 cm³/mol. The van der Waals surface area contributed by atoms with E-state index < -0.39 is 11.7 Å². The van der Waals surface area contributed by atoms with Gasteiger partial charge in [0.15, 0.2) is 0 Å². The molecule has 0 heterocycles. The highest BCUT2D eigenvalue weighted by Gasteiger charge is 2.34. The van der Waals surface area contributed by atoms with Gasteiger partial charge in [-0.3, -0.25) is 0 Å². The third-order valence-corrected chi connectivity index (χ3v) is 3.61. The molecule has 0 radical (unpaired) electrons. The van der Waals surface area contributed by atoms with Gasteiger partial charge in [0.05, 0.1) is 17.2 Å². The number of nitrogens with zero attached hydrogens (tertiary/aromatic N) is 1. The van der Waals surface area contributed by atoms with Crippen LogP contribution < -0.4 is 5.73 Å². The summed E-state index contributed by atoms with van der Waals surface area (Å²) in [5, 5.41) is 8.70. The molecule has 0 fully saturated rings. The summed E-state index contributed by atoms with van der Waals surface area (Å²) < 4.78 is 39.0. The Labute approximate surface area is 118 Å². The van der Waals surface area contributed by atoms with Crippen molar-refractivity contribution in [1.29, 1.82) is 5.26 Å². The van der Waals surface area contributed by atoms with E-state index in [0.717, 1.165) is 17.8 Å². The van der Waals surface area contributed by atoms with E-state index in [-0.39, 0.29) is 10.5 Å². The number of nitrogens with two attached hydrogens (primary N) is 1. The molecule has 0 spiro atoms. The van der Waals surface area contributed by atoms with E-state index in [9.17, 15) is 13.2 Å². The first kappa shape index (κ1) is 14.3. The Bertz CT molecular complexity index is 658. The smallest absolute Gasteiger partial charge is 0.399 e. The highest BCUT2D eigenvalue weighted by molar-refractivity contribution is 7.99. The van der Waals surface area contributed by atoms with Crippen molar-refractivity contribution in [2.45, 2.75) is 16.0 Å². The van der Waals surface area contributed by atoms with E-state index in [4.69, 9.17) is 11.0 Å². The Morgan fingerprint density at radius 1 is 1.05 bits per heavy atom. The summed E-state index contributed by atoms with van der Waals surface area (Å²) in [5.74, 6) is 0. The standard InChI is InChI=1S/C14H9F3N2S/c15-14(16,17)12-7-9(8-18)1-6-13(12)20-11-4-2-10(19)3-5-11/h1-7H,19H2. The number of nitriles is 1. The maximum Gasteiger partial charge on any atom is 0.417 e. The first-order chi connectivity index (χ1) is 9.40. The molecule has 0 saturated carbocycles. The zero-order chi connectivity index (χ0) is 14.8. The number of alkyl halides is 3. The molecule has 2 N–H and O–H groups in total. The van der Waals surface area contributed by atoms with Gasteiger partial charge in [0.25, 0.3) is 0 Å². The Kier molecular flexibility index (Phi) is 3.91. The van der Waals surface area contributed by atoms with Crippen LogP contribution in [-0.2, 0) is 6.18 Å². The zero-order valence-electron chi connectivity index (χ0n) is 10.1. The van der Waals surface area contributed by atoms with Crippen LogP contribution in [0.15, 0.2) is 52.3 Å². The van der Waals surface area contributed by atoms with Crippen molar-refractivity contribution in [1.82, 2.24) is 0 Å². The topological polar surface area (TPSA) is 49.8 Å². The highest BCUT2D eigenvalue weighted by atomic mass is 32.2. The van der Waals surface area contributed by atoms with Crippen LogP contribution in [-0.4, -0.2) is 0 Å². The molecule has 6 heteroatoms. The Morgan fingerprint density at radius 3 is 2.25 bits per heavy atom. The van der Waals surface area contributed by atoms with Gasteiger partial charge in [-0.25, -0.2) is 0 Å². The van der Waals surface area contributed by atoms with E-state index in [1.54, 1.807) is 30.3 Å². The second kappa shape index (κ2) is 5.47. The van der Waals surface area contributed by atoms with Gasteiger partial charge in [-0.1, -0.05) is 11.8 Å². The van der Waals surface area contributed by atoms with Gasteiger partial charge in [-0.2, -0.15) is 18.4 Å². The van der Waals surface area contributed by atoms with Crippen molar-refractivity contribution in [3.05, 3.63) is 53.6 Å². The van der Waals surface area contributed by atoms with E-state index in [1.807, 2.05) is 0 Å². The van der Waals surface area contributed by atoms with Gasteiger partial charge in [0.2, 0.25) is 0 Å². The Hall–Kier alpha value is -2.13. The molecular formula is C14H9F3N2S. The van der Waals surface area contributed by atoms with Gasteiger partial charge < -0.3 is 5.73 Å². The number of hydrogen-bond acceptors (Lipinski definition) is 3. The molecule has 0 aliphatic carbocycles. The molecule has 0 aliphatic heterocycles. The lowest BCUT2D eigenvalue weighted by molar-refractivity contribution is -0.139. The lowest BCUT2D eigenvalue weighted by atomic mass is 10.1. The lowest BCUT2D eigenvalue weighted by Crippen LogP contribution is -2.07. The van der Waals surface area contributed by atoms with Gasteiger partial charge in [-0.05, 0) is 42.5 Å². The Balaban J connectivity index is 2.41. The number of rotatable bonds is 2. The summed E-state index contributed by atoms with van der Waals surface area (Å²) in [5.41, 5.74) is 5.26. The number of nitrogen functional groups attached to an aromatic ring is 1. The summed E-state index contributed by atoms with van der Waals surface area (Å²) in [6, 6.07) is 11.8. The number of anilines is 1. The van der Waals surface area contributed by atoms with Crippen molar-refractivity contribution in [2.75, 3.05) is 5.73 Å². The molecule has 0 saturated heterocycles. The maximum atomic E-state index is 13.0. The number of hydrogen-bond donors (Lipinski definition) is 1. The molecule has 0 bridgehead atoms. The molecule has 102 valence electrons. The minimum absolute atomic E-state index is 0.0148. The largest absolute Gasteiger partial charge is 0.417 e. The van der Waals surface area contributed by atoms with Crippen LogP contribution in [0.3, 0.4) is 0 Å². The fourth-order valence-corrected chi connectivity index (χ4v) is 2.52. The van der Waals surface area contributed by atoms with E-state index >= 15 is 0 Å². The molecule has 0 unspecified atom stereocenters. The maximum absolute atomic E-state index is 13.0. The minimum atomic E-state index is -4.50. The van der Waals surface area contributed by atoms with Crippen LogP contribution in [0.2, 0.25) is 0 Å². The predicted octanol–water partition coefficient (Wildman–Crippen LogP) is 4.31. The second-order valence-corrected chi connectivity index (χ2v) is 5.11. The third kappa shape index (κ3) is 3.25. The van der Waals surface area contributed by atoms with Crippen molar-refractivity contribution in [3.8, 4) is 6.07 Å². The third-order valence-electron chi connectivity index (χ3n) is 2.52. The molecule has 0 aromatic heterocycles. The summed E-state index contributed by atoms with van der Waals surface area (Å²) >= 11 is 0.984. The van der Waals surface area contributed by atoms with Crippen molar-refractivity contribution >= 4 is 17.4 Å². The molecule has 20 heavy (non-hydrogen) atoms. The average Bonchev–Trinajstić information content (AvgIpc) is 2.40. The van der Waals surface area contributed by atoms with Crippen LogP contribution >= 0.6 is 11.8 Å². The van der Waals surface area contributed by atoms with Crippen LogP contribution in [0.1, 0.15) is 11.1 Å². The van der Waals surface area contributed by atoms with Crippen molar-refractivity contribution in [3.63, 3.8) is 0 Å². The molecule has 2 aromatic carbocycles. The molecular weight excluding hydrogens is 285 g/mol. The lowest BCUT2D eigenvalue weighted by Gasteiger charge is -2.12. The average molecular weight is 294 g/mol. The quantitative estimate of drug-likeness (QED) is 0.840. The van der Waals surface area contributed by atoms with Gasteiger partial charge in [0, 0.05) is 15.5 Å². The zero-order valence-corrected chi connectivity index (χ0v) is 10.9. The highest BCUT2D eigenvalue weighted by Crippen LogP contribution is 2.40. The molecule has 0 amide bonds. The number of halogens is 3. The summed E-state index contributed by atoms with van der Waals surface area (Å²) in [6.07, 6.45) is -4.50. The second-order valence-electron chi connectivity index (χ2n) is 3.99. The fourth-order valence-electron chi connectivity index (χ4n) is 1.57. The summed E-state index contributed by atoms with van der Waals surface area (Å²) in [4.78, 5) is 0.704. The fraction of sp³-hybridized carbons (Fsp3) is 0.0714. The number of benzene rings is 2. The first-order valence-corrected chi connectivity index (χ1v) is 6.36. The SMILES string of the molecule is N#Cc1ccc(Sc2ccc(N)cc2)c(C(F)(F)F)c1. The summed E-state index contributed by atoms with van der Waals surface area (Å²) in [7, 11) is 0. The van der Waals surface area contributed by atoms with Gasteiger partial charge in [-0.15, -0.1) is 0 Å². The summed E-state index contributed by atoms with van der Waals surface area (Å²) in [6.45, 7) is 0.